The maximum Gasteiger partial charge on any atom is 0.241 e. The molecule has 1 N–H and O–H groups in total. The number of hydrogen-bond donors (Lipinski definition) is 1. The zero-order valence-electron chi connectivity index (χ0n) is 14.0. The normalized spacial score (nSPS) is 22.3. The van der Waals surface area contributed by atoms with E-state index in [1.165, 1.54) is 6.42 Å². The van der Waals surface area contributed by atoms with Crippen LogP contribution in [0.5, 0.6) is 0 Å². The topological polar surface area (TPSA) is 65.4 Å². The number of carbonyl (C=O) groups is 1. The lowest BCUT2D eigenvalue weighted by Crippen LogP contribution is -2.62. The standard InChI is InChI=1S/C19H25N3O2/c20-15-17(16-7-3-1-4-8-16)21-18(23)19(9-5-2-6-10-19)22-11-13-24-14-12-22/h1,3-4,7-8,17H,2,5-6,9-14H2,(H,21,23). The van der Waals surface area contributed by atoms with E-state index in [2.05, 4.69) is 16.3 Å². The van der Waals surface area contributed by atoms with Crippen molar-refractivity contribution in [3.63, 3.8) is 0 Å². The predicted molar refractivity (Wildman–Crippen MR) is 91.1 cm³/mol. The maximum atomic E-state index is 13.2. The summed E-state index contributed by atoms with van der Waals surface area (Å²) in [6.45, 7) is 2.93. The molecule has 1 amide bonds. The van der Waals surface area contributed by atoms with Crippen molar-refractivity contribution < 1.29 is 9.53 Å². The van der Waals surface area contributed by atoms with Gasteiger partial charge in [0.15, 0.2) is 0 Å². The second kappa shape index (κ2) is 7.78. The molecule has 1 heterocycles. The van der Waals surface area contributed by atoms with Gasteiger partial charge < -0.3 is 10.1 Å². The Hall–Kier alpha value is -1.90. The van der Waals surface area contributed by atoms with Crippen LogP contribution in [-0.2, 0) is 9.53 Å². The maximum absolute atomic E-state index is 13.2. The Morgan fingerprint density at radius 2 is 1.83 bits per heavy atom. The highest BCUT2D eigenvalue weighted by molar-refractivity contribution is 5.87. The van der Waals surface area contributed by atoms with E-state index in [1.807, 2.05) is 30.3 Å². The average molecular weight is 327 g/mol. The number of nitrogens with one attached hydrogen (secondary N) is 1. The molecule has 5 nitrogen and oxygen atoms in total. The van der Waals surface area contributed by atoms with Crippen LogP contribution in [0.2, 0.25) is 0 Å². The van der Waals surface area contributed by atoms with Crippen molar-refractivity contribution >= 4 is 5.91 Å². The molecule has 1 saturated carbocycles. The zero-order chi connectivity index (χ0) is 16.8. The number of nitriles is 1. The molecule has 0 aromatic heterocycles. The minimum absolute atomic E-state index is 0.000460. The molecule has 0 spiro atoms. The van der Waals surface area contributed by atoms with Crippen molar-refractivity contribution in [2.75, 3.05) is 26.3 Å². The highest BCUT2D eigenvalue weighted by Crippen LogP contribution is 2.35. The molecule has 1 aromatic carbocycles. The Morgan fingerprint density at radius 1 is 1.17 bits per heavy atom. The van der Waals surface area contributed by atoms with E-state index in [-0.39, 0.29) is 5.91 Å². The second-order valence-corrected chi connectivity index (χ2v) is 6.64. The quantitative estimate of drug-likeness (QED) is 0.922. The molecule has 1 atom stereocenters. The molecule has 24 heavy (non-hydrogen) atoms. The van der Waals surface area contributed by atoms with Gasteiger partial charge in [-0.25, -0.2) is 0 Å². The summed E-state index contributed by atoms with van der Waals surface area (Å²) in [5.74, 6) is -0.000460. The van der Waals surface area contributed by atoms with Gasteiger partial charge in [-0.2, -0.15) is 5.26 Å². The van der Waals surface area contributed by atoms with Crippen LogP contribution in [0.15, 0.2) is 30.3 Å². The molecule has 1 aromatic rings. The van der Waals surface area contributed by atoms with Gasteiger partial charge in [-0.15, -0.1) is 0 Å². The summed E-state index contributed by atoms with van der Waals surface area (Å²) < 4.78 is 5.46. The zero-order valence-corrected chi connectivity index (χ0v) is 14.0. The summed E-state index contributed by atoms with van der Waals surface area (Å²) in [7, 11) is 0. The number of hydrogen-bond acceptors (Lipinski definition) is 4. The Balaban J connectivity index is 1.79. The highest BCUT2D eigenvalue weighted by Gasteiger charge is 2.45. The molecular weight excluding hydrogens is 302 g/mol. The van der Waals surface area contributed by atoms with Crippen LogP contribution in [0.25, 0.3) is 0 Å². The number of rotatable bonds is 4. The van der Waals surface area contributed by atoms with Gasteiger partial charge in [0.25, 0.3) is 0 Å². The summed E-state index contributed by atoms with van der Waals surface area (Å²) in [6.07, 6.45) is 5.04. The van der Waals surface area contributed by atoms with Crippen LogP contribution >= 0.6 is 0 Å². The van der Waals surface area contributed by atoms with Crippen LogP contribution in [0.3, 0.4) is 0 Å². The van der Waals surface area contributed by atoms with Gasteiger partial charge in [0, 0.05) is 13.1 Å². The van der Waals surface area contributed by atoms with Crippen molar-refractivity contribution in [1.29, 1.82) is 5.26 Å². The van der Waals surface area contributed by atoms with E-state index in [9.17, 15) is 10.1 Å². The third kappa shape index (κ3) is 3.45. The van der Waals surface area contributed by atoms with Crippen LogP contribution < -0.4 is 5.32 Å². The van der Waals surface area contributed by atoms with Gasteiger partial charge in [0.05, 0.1) is 19.3 Å². The fourth-order valence-corrected chi connectivity index (χ4v) is 3.92. The van der Waals surface area contributed by atoms with Gasteiger partial charge in [-0.05, 0) is 18.4 Å². The largest absolute Gasteiger partial charge is 0.379 e. The van der Waals surface area contributed by atoms with Crippen molar-refractivity contribution in [3.8, 4) is 6.07 Å². The number of morpholine rings is 1. The van der Waals surface area contributed by atoms with Crippen LogP contribution in [0.4, 0.5) is 0 Å². The number of benzene rings is 1. The summed E-state index contributed by atoms with van der Waals surface area (Å²) >= 11 is 0. The van der Waals surface area contributed by atoms with Gasteiger partial charge in [0.1, 0.15) is 11.6 Å². The van der Waals surface area contributed by atoms with E-state index >= 15 is 0 Å². The third-order valence-electron chi connectivity index (χ3n) is 5.26. The van der Waals surface area contributed by atoms with Gasteiger partial charge in [-0.3, -0.25) is 9.69 Å². The fraction of sp³-hybridized carbons (Fsp3) is 0.579. The third-order valence-corrected chi connectivity index (χ3v) is 5.26. The fourth-order valence-electron chi connectivity index (χ4n) is 3.92. The van der Waals surface area contributed by atoms with E-state index in [4.69, 9.17) is 4.74 Å². The highest BCUT2D eigenvalue weighted by atomic mass is 16.5. The van der Waals surface area contributed by atoms with Gasteiger partial charge in [-0.1, -0.05) is 49.6 Å². The molecule has 3 rings (SSSR count). The Kier molecular flexibility index (Phi) is 5.49. The molecule has 2 aliphatic rings. The van der Waals surface area contributed by atoms with Crippen molar-refractivity contribution in [1.82, 2.24) is 10.2 Å². The van der Waals surface area contributed by atoms with E-state index in [1.54, 1.807) is 0 Å². The monoisotopic (exact) mass is 327 g/mol. The van der Waals surface area contributed by atoms with E-state index in [0.29, 0.717) is 13.2 Å². The average Bonchev–Trinajstić information content (AvgIpc) is 2.67. The van der Waals surface area contributed by atoms with Crippen molar-refractivity contribution in [2.24, 2.45) is 0 Å². The molecule has 0 bridgehead atoms. The molecule has 1 saturated heterocycles. The molecule has 2 fully saturated rings. The number of nitrogens with zero attached hydrogens (tertiary/aromatic N) is 2. The summed E-state index contributed by atoms with van der Waals surface area (Å²) in [5, 5.41) is 12.5. The van der Waals surface area contributed by atoms with E-state index in [0.717, 1.165) is 44.3 Å². The lowest BCUT2D eigenvalue weighted by Gasteiger charge is -2.46. The summed E-state index contributed by atoms with van der Waals surface area (Å²) in [5.41, 5.74) is 0.354. The number of ether oxygens (including phenoxy) is 1. The second-order valence-electron chi connectivity index (χ2n) is 6.64. The SMILES string of the molecule is N#CC(NC(=O)C1(N2CCOCC2)CCCCC1)c1ccccc1. The minimum Gasteiger partial charge on any atom is -0.379 e. The first kappa shape index (κ1) is 16.9. The Labute approximate surface area is 143 Å². The van der Waals surface area contributed by atoms with Crippen molar-refractivity contribution in [2.45, 2.75) is 43.7 Å². The van der Waals surface area contributed by atoms with Crippen LogP contribution in [0.1, 0.15) is 43.7 Å². The molecule has 0 radical (unpaired) electrons. The first-order valence-corrected chi connectivity index (χ1v) is 8.84. The van der Waals surface area contributed by atoms with Crippen molar-refractivity contribution in [3.05, 3.63) is 35.9 Å². The van der Waals surface area contributed by atoms with Gasteiger partial charge >= 0.3 is 0 Å². The lowest BCUT2D eigenvalue weighted by atomic mass is 9.79. The Morgan fingerprint density at radius 3 is 2.46 bits per heavy atom. The summed E-state index contributed by atoms with van der Waals surface area (Å²) in [6, 6.07) is 11.1. The smallest absolute Gasteiger partial charge is 0.241 e. The van der Waals surface area contributed by atoms with Crippen LogP contribution in [-0.4, -0.2) is 42.6 Å². The minimum atomic E-state index is -0.599. The number of amides is 1. The molecule has 1 unspecified atom stereocenters. The number of carbonyl (C=O) groups excluding carboxylic acids is 1. The molecule has 1 aliphatic heterocycles. The lowest BCUT2D eigenvalue weighted by molar-refractivity contribution is -0.140. The molecular formula is C19H25N3O2. The van der Waals surface area contributed by atoms with Crippen LogP contribution in [0, 0.1) is 11.3 Å². The molecule has 5 heteroatoms. The first-order chi connectivity index (χ1) is 11.8. The molecule has 128 valence electrons. The molecule has 1 aliphatic carbocycles. The summed E-state index contributed by atoms with van der Waals surface area (Å²) in [4.78, 5) is 15.5. The predicted octanol–water partition coefficient (Wildman–Crippen LogP) is 2.40. The first-order valence-electron chi connectivity index (χ1n) is 8.84. The van der Waals surface area contributed by atoms with Gasteiger partial charge in [0.2, 0.25) is 5.91 Å². The Bertz CT molecular complexity index is 584. The van der Waals surface area contributed by atoms with E-state index < -0.39 is 11.6 Å².